The van der Waals surface area contributed by atoms with Gasteiger partial charge in [0.1, 0.15) is 0 Å². The van der Waals surface area contributed by atoms with Crippen molar-refractivity contribution in [2.24, 2.45) is 4.99 Å². The molecule has 0 fully saturated rings. The van der Waals surface area contributed by atoms with Crippen molar-refractivity contribution in [2.45, 2.75) is 0 Å². The third-order valence-electron chi connectivity index (χ3n) is 3.62. The zero-order valence-corrected chi connectivity index (χ0v) is 16.2. The zero-order chi connectivity index (χ0) is 18.7. The second kappa shape index (κ2) is 8.24. The van der Waals surface area contributed by atoms with Crippen LogP contribution >= 0.6 is 46.4 Å². The van der Waals surface area contributed by atoms with Gasteiger partial charge >= 0.3 is 0 Å². The number of hydrogen-bond acceptors (Lipinski definition) is 2. The molecule has 0 aromatic heterocycles. The van der Waals surface area contributed by atoms with Gasteiger partial charge in [-0.3, -0.25) is 9.79 Å². The number of nitrogens with zero attached hydrogens (tertiary/aromatic N) is 1. The van der Waals surface area contributed by atoms with Crippen LogP contribution in [0.15, 0.2) is 65.7 Å². The quantitative estimate of drug-likeness (QED) is 0.320. The van der Waals surface area contributed by atoms with Crippen LogP contribution in [0.1, 0.15) is 21.5 Å². The van der Waals surface area contributed by atoms with Gasteiger partial charge in [0.05, 0.1) is 20.8 Å². The number of aliphatic imine (C=N–C) groups is 1. The highest BCUT2D eigenvalue weighted by atomic mass is 35.5. The molecule has 26 heavy (non-hydrogen) atoms. The summed E-state index contributed by atoms with van der Waals surface area (Å²) in [7, 11) is 0. The third kappa shape index (κ3) is 4.28. The van der Waals surface area contributed by atoms with Gasteiger partial charge in [-0.1, -0.05) is 64.6 Å². The van der Waals surface area contributed by atoms with E-state index in [1.54, 1.807) is 66.9 Å². The predicted octanol–water partition coefficient (Wildman–Crippen LogP) is 7.28. The summed E-state index contributed by atoms with van der Waals surface area (Å²) >= 11 is 24.2. The van der Waals surface area contributed by atoms with E-state index >= 15 is 0 Å². The van der Waals surface area contributed by atoms with Gasteiger partial charge in [0.2, 0.25) is 0 Å². The minimum absolute atomic E-state index is 0.251. The Morgan fingerprint density at radius 2 is 1.54 bits per heavy atom. The summed E-state index contributed by atoms with van der Waals surface area (Å²) < 4.78 is 0. The lowest BCUT2D eigenvalue weighted by atomic mass is 10.0. The molecule has 0 unspecified atom stereocenters. The monoisotopic (exact) mass is 421 g/mol. The fourth-order valence-corrected chi connectivity index (χ4v) is 3.03. The highest BCUT2D eigenvalue weighted by Crippen LogP contribution is 2.29. The number of carbonyl (C=O) groups excluding carboxylic acids is 1. The van der Waals surface area contributed by atoms with Crippen molar-refractivity contribution in [3.63, 3.8) is 0 Å². The Kier molecular flexibility index (Phi) is 6.00. The van der Waals surface area contributed by atoms with Crippen LogP contribution in [0, 0.1) is 0 Å². The van der Waals surface area contributed by atoms with Crippen molar-refractivity contribution in [2.75, 3.05) is 0 Å². The van der Waals surface area contributed by atoms with Crippen LogP contribution in [0.4, 0.5) is 5.69 Å². The normalized spacial score (nSPS) is 11.1. The van der Waals surface area contributed by atoms with Crippen molar-refractivity contribution in [1.82, 2.24) is 0 Å². The van der Waals surface area contributed by atoms with Crippen molar-refractivity contribution in [1.29, 1.82) is 0 Å². The molecule has 3 aromatic carbocycles. The van der Waals surface area contributed by atoms with Crippen LogP contribution in [0.5, 0.6) is 0 Å². The third-order valence-corrected chi connectivity index (χ3v) is 4.92. The van der Waals surface area contributed by atoms with Gasteiger partial charge in [-0.15, -0.1) is 0 Å². The number of rotatable bonds is 4. The fourth-order valence-electron chi connectivity index (χ4n) is 2.33. The van der Waals surface area contributed by atoms with E-state index < -0.39 is 0 Å². The first-order chi connectivity index (χ1) is 12.5. The Morgan fingerprint density at radius 3 is 2.27 bits per heavy atom. The van der Waals surface area contributed by atoms with E-state index in [0.29, 0.717) is 36.9 Å². The van der Waals surface area contributed by atoms with Crippen LogP contribution in [0.25, 0.3) is 0 Å². The number of halogens is 4. The maximum absolute atomic E-state index is 12.9. The zero-order valence-electron chi connectivity index (χ0n) is 13.2. The first kappa shape index (κ1) is 18.9. The summed E-state index contributed by atoms with van der Waals surface area (Å²) in [6.45, 7) is 0. The summed E-state index contributed by atoms with van der Waals surface area (Å²) in [5, 5.41) is 1.70. The summed E-state index contributed by atoms with van der Waals surface area (Å²) in [6.07, 6.45) is 1.61. The van der Waals surface area contributed by atoms with E-state index in [-0.39, 0.29) is 5.78 Å². The average Bonchev–Trinajstić information content (AvgIpc) is 2.63. The smallest absolute Gasteiger partial charge is 0.196 e. The lowest BCUT2D eigenvalue weighted by Gasteiger charge is -2.07. The van der Waals surface area contributed by atoms with Crippen molar-refractivity contribution < 1.29 is 4.79 Å². The molecule has 0 saturated heterocycles. The summed E-state index contributed by atoms with van der Waals surface area (Å²) in [6, 6.07) is 16.9. The van der Waals surface area contributed by atoms with Gasteiger partial charge in [-0.2, -0.15) is 0 Å². The van der Waals surface area contributed by atoms with Crippen molar-refractivity contribution >= 4 is 64.1 Å². The van der Waals surface area contributed by atoms with E-state index in [9.17, 15) is 4.79 Å². The number of carbonyl (C=O) groups is 1. The second-order valence-corrected chi connectivity index (χ2v) is 7.06. The molecule has 3 aromatic rings. The molecule has 0 radical (unpaired) electrons. The molecule has 0 aliphatic carbocycles. The summed E-state index contributed by atoms with van der Waals surface area (Å²) in [4.78, 5) is 17.3. The molecule has 2 nitrogen and oxygen atoms in total. The Labute approximate surface area is 171 Å². The van der Waals surface area contributed by atoms with Gasteiger partial charge < -0.3 is 0 Å². The maximum atomic E-state index is 12.9. The van der Waals surface area contributed by atoms with Crippen LogP contribution in [0.3, 0.4) is 0 Å². The van der Waals surface area contributed by atoms with Crippen molar-refractivity contribution in [3.8, 4) is 0 Å². The Bertz CT molecular complexity index is 1010. The minimum Gasteiger partial charge on any atom is -0.288 e. The first-order valence-corrected chi connectivity index (χ1v) is 9.05. The minimum atomic E-state index is -0.251. The van der Waals surface area contributed by atoms with Gasteiger partial charge in [0, 0.05) is 22.4 Å². The molecule has 0 aliphatic heterocycles. The molecule has 0 aliphatic rings. The van der Waals surface area contributed by atoms with Crippen molar-refractivity contribution in [3.05, 3.63) is 97.4 Å². The molecule has 0 N–H and O–H groups in total. The molecule has 0 saturated carbocycles. The Balaban J connectivity index is 2.01. The molecule has 0 amide bonds. The number of benzene rings is 3. The van der Waals surface area contributed by atoms with Crippen LogP contribution in [-0.4, -0.2) is 12.0 Å². The molecule has 0 bridgehead atoms. The molecule has 3 rings (SSSR count). The second-order valence-electron chi connectivity index (χ2n) is 5.40. The van der Waals surface area contributed by atoms with E-state index in [0.717, 1.165) is 5.56 Å². The lowest BCUT2D eigenvalue weighted by Crippen LogP contribution is -2.02. The standard InChI is InChI=1S/C20H11Cl4NO/c21-13-6-8-19(25-11-12-5-7-17(23)18(24)9-12)15(10-13)20(26)14-3-1-2-4-16(14)22/h1-11H. The molecule has 130 valence electrons. The number of ketones is 1. The molecular formula is C20H11Cl4NO. The molecule has 0 atom stereocenters. The number of hydrogen-bond donors (Lipinski definition) is 0. The van der Waals surface area contributed by atoms with Crippen LogP contribution in [-0.2, 0) is 0 Å². The van der Waals surface area contributed by atoms with Gasteiger partial charge in [-0.05, 0) is 48.0 Å². The predicted molar refractivity (Wildman–Crippen MR) is 110 cm³/mol. The van der Waals surface area contributed by atoms with Gasteiger partial charge in [0.25, 0.3) is 0 Å². The molecule has 0 spiro atoms. The first-order valence-electron chi connectivity index (χ1n) is 7.53. The largest absolute Gasteiger partial charge is 0.288 e. The highest BCUT2D eigenvalue weighted by Gasteiger charge is 2.16. The fraction of sp³-hybridized carbons (Fsp3) is 0. The molecule has 0 heterocycles. The Hall–Kier alpha value is -1.84. The highest BCUT2D eigenvalue weighted by molar-refractivity contribution is 6.42. The van der Waals surface area contributed by atoms with Crippen LogP contribution in [0.2, 0.25) is 20.1 Å². The average molecular weight is 423 g/mol. The Morgan fingerprint density at radius 1 is 0.769 bits per heavy atom. The van der Waals surface area contributed by atoms with Gasteiger partial charge in [0.15, 0.2) is 5.78 Å². The van der Waals surface area contributed by atoms with Gasteiger partial charge in [-0.25, -0.2) is 0 Å². The summed E-state index contributed by atoms with van der Waals surface area (Å²) in [5.41, 5.74) is 1.99. The maximum Gasteiger partial charge on any atom is 0.196 e. The topological polar surface area (TPSA) is 29.4 Å². The molecule has 6 heteroatoms. The lowest BCUT2D eigenvalue weighted by molar-refractivity contribution is 0.103. The SMILES string of the molecule is O=C(c1ccccc1Cl)c1cc(Cl)ccc1N=Cc1ccc(Cl)c(Cl)c1. The summed E-state index contributed by atoms with van der Waals surface area (Å²) in [5.74, 6) is -0.251. The molecular weight excluding hydrogens is 412 g/mol. The van der Waals surface area contributed by atoms with E-state index in [1.165, 1.54) is 0 Å². The van der Waals surface area contributed by atoms with E-state index in [1.807, 2.05) is 0 Å². The van der Waals surface area contributed by atoms with E-state index in [4.69, 9.17) is 46.4 Å². The van der Waals surface area contributed by atoms with Crippen LogP contribution < -0.4 is 0 Å². The van der Waals surface area contributed by atoms with E-state index in [2.05, 4.69) is 4.99 Å².